The molecule has 1 fully saturated rings. The smallest absolute Gasteiger partial charge is 0.0802 e. The second-order valence-electron chi connectivity index (χ2n) is 5.07. The van der Waals surface area contributed by atoms with E-state index in [4.69, 9.17) is 4.74 Å². The van der Waals surface area contributed by atoms with Crippen LogP contribution in [0.25, 0.3) is 0 Å². The highest BCUT2D eigenvalue weighted by Crippen LogP contribution is 2.21. The average molecular weight is 254 g/mol. The van der Waals surface area contributed by atoms with Crippen LogP contribution < -0.4 is 5.32 Å². The molecule has 0 saturated carbocycles. The number of nitrogens with one attached hydrogen (secondary N) is 2. The van der Waals surface area contributed by atoms with Crippen molar-refractivity contribution in [2.75, 3.05) is 33.4 Å². The van der Waals surface area contributed by atoms with Crippen molar-refractivity contribution in [2.24, 2.45) is 0 Å². The van der Waals surface area contributed by atoms with Crippen LogP contribution in [0, 0.1) is 0 Å². The van der Waals surface area contributed by atoms with E-state index in [0.29, 0.717) is 19.2 Å². The van der Waals surface area contributed by atoms with Crippen molar-refractivity contribution in [3.63, 3.8) is 0 Å². The Morgan fingerprint density at radius 3 is 3.22 bits per heavy atom. The number of hydrogen-bond donors (Lipinski definition) is 3. The molecule has 6 heteroatoms. The number of morpholine rings is 1. The van der Waals surface area contributed by atoms with E-state index in [9.17, 15) is 5.11 Å². The first kappa shape index (κ1) is 13.5. The van der Waals surface area contributed by atoms with Crippen LogP contribution in [0.3, 0.4) is 0 Å². The first-order valence-corrected chi connectivity index (χ1v) is 6.28. The number of nitrogens with zero attached hydrogens (tertiary/aromatic N) is 2. The van der Waals surface area contributed by atoms with E-state index in [1.807, 2.05) is 13.2 Å². The third kappa shape index (κ3) is 2.72. The van der Waals surface area contributed by atoms with Gasteiger partial charge in [0.25, 0.3) is 0 Å². The maximum Gasteiger partial charge on any atom is 0.0802 e. The molecule has 0 radical (unpaired) electrons. The molecule has 18 heavy (non-hydrogen) atoms. The van der Waals surface area contributed by atoms with Gasteiger partial charge >= 0.3 is 0 Å². The van der Waals surface area contributed by atoms with Crippen molar-refractivity contribution < 1.29 is 9.84 Å². The number of H-pyrrole nitrogens is 1. The summed E-state index contributed by atoms with van der Waals surface area (Å²) in [6.07, 6.45) is 3.66. The van der Waals surface area contributed by atoms with E-state index < -0.39 is 0 Å². The number of aromatic nitrogens is 2. The maximum atomic E-state index is 9.71. The Labute approximate surface area is 107 Å². The van der Waals surface area contributed by atoms with Gasteiger partial charge in [-0.3, -0.25) is 10.00 Å². The number of aliphatic hydroxyl groups excluding tert-OH is 1. The van der Waals surface area contributed by atoms with Crippen LogP contribution in [0.1, 0.15) is 12.5 Å². The number of hydrogen-bond acceptors (Lipinski definition) is 5. The Hall–Kier alpha value is -0.950. The highest BCUT2D eigenvalue weighted by molar-refractivity contribution is 5.03. The average Bonchev–Trinajstić information content (AvgIpc) is 2.88. The number of rotatable bonds is 5. The van der Waals surface area contributed by atoms with Crippen LogP contribution in [0.5, 0.6) is 0 Å². The molecule has 0 aromatic carbocycles. The standard InChI is InChI=1S/C12H22N4O2/c1-10-6-18-9-12(8-17,16(10)2)7-13-3-11-4-14-15-5-11/h4-5,10,13,17H,3,6-9H2,1-2H3,(H,14,15)/t10-,12+/m1/s1. The summed E-state index contributed by atoms with van der Waals surface area (Å²) in [4.78, 5) is 2.21. The molecule has 2 heterocycles. The van der Waals surface area contributed by atoms with E-state index in [2.05, 4.69) is 27.3 Å². The van der Waals surface area contributed by atoms with Crippen LogP contribution in [-0.4, -0.2) is 65.2 Å². The number of likely N-dealkylation sites (N-methyl/N-ethyl adjacent to an activating group) is 1. The molecule has 0 unspecified atom stereocenters. The van der Waals surface area contributed by atoms with Gasteiger partial charge in [0.15, 0.2) is 0 Å². The van der Waals surface area contributed by atoms with E-state index in [1.165, 1.54) is 0 Å². The van der Waals surface area contributed by atoms with E-state index in [-0.39, 0.29) is 12.1 Å². The highest BCUT2D eigenvalue weighted by Gasteiger charge is 2.39. The first-order chi connectivity index (χ1) is 8.68. The van der Waals surface area contributed by atoms with E-state index >= 15 is 0 Å². The Balaban J connectivity index is 1.91. The molecular weight excluding hydrogens is 232 g/mol. The van der Waals surface area contributed by atoms with Crippen molar-refractivity contribution in [1.29, 1.82) is 0 Å². The summed E-state index contributed by atoms with van der Waals surface area (Å²) in [7, 11) is 2.04. The molecule has 0 amide bonds. The third-order valence-corrected chi connectivity index (χ3v) is 3.77. The van der Waals surface area contributed by atoms with Crippen LogP contribution >= 0.6 is 0 Å². The zero-order valence-electron chi connectivity index (χ0n) is 11.0. The lowest BCUT2D eigenvalue weighted by Crippen LogP contribution is -2.65. The lowest BCUT2D eigenvalue weighted by molar-refractivity contribution is -0.106. The van der Waals surface area contributed by atoms with E-state index in [1.54, 1.807) is 6.20 Å². The summed E-state index contributed by atoms with van der Waals surface area (Å²) in [5.41, 5.74) is 0.775. The van der Waals surface area contributed by atoms with Crippen LogP contribution in [0.2, 0.25) is 0 Å². The van der Waals surface area contributed by atoms with Gasteiger partial charge in [-0.15, -0.1) is 0 Å². The fourth-order valence-electron chi connectivity index (χ4n) is 2.30. The van der Waals surface area contributed by atoms with E-state index in [0.717, 1.165) is 18.7 Å². The first-order valence-electron chi connectivity index (χ1n) is 6.28. The zero-order chi connectivity index (χ0) is 13.0. The minimum absolute atomic E-state index is 0.0895. The molecule has 2 atom stereocenters. The molecule has 1 aliphatic heterocycles. The Morgan fingerprint density at radius 1 is 1.72 bits per heavy atom. The Morgan fingerprint density at radius 2 is 2.56 bits per heavy atom. The van der Waals surface area contributed by atoms with Gasteiger partial charge in [-0.05, 0) is 14.0 Å². The minimum atomic E-state index is -0.332. The van der Waals surface area contributed by atoms with Gasteiger partial charge < -0.3 is 15.2 Å². The molecule has 0 aliphatic carbocycles. The van der Waals surface area contributed by atoms with Gasteiger partial charge in [0.2, 0.25) is 0 Å². The van der Waals surface area contributed by atoms with Gasteiger partial charge in [0.05, 0.1) is 31.6 Å². The maximum absolute atomic E-state index is 9.71. The van der Waals surface area contributed by atoms with Gasteiger partial charge in [0.1, 0.15) is 0 Å². The van der Waals surface area contributed by atoms with Crippen LogP contribution in [-0.2, 0) is 11.3 Å². The molecule has 2 rings (SSSR count). The second-order valence-corrected chi connectivity index (χ2v) is 5.07. The second kappa shape index (κ2) is 5.79. The monoisotopic (exact) mass is 254 g/mol. The highest BCUT2D eigenvalue weighted by atomic mass is 16.5. The quantitative estimate of drug-likeness (QED) is 0.665. The third-order valence-electron chi connectivity index (χ3n) is 3.77. The minimum Gasteiger partial charge on any atom is -0.394 e. The number of ether oxygens (including phenoxy) is 1. The van der Waals surface area contributed by atoms with Gasteiger partial charge in [-0.1, -0.05) is 0 Å². The zero-order valence-corrected chi connectivity index (χ0v) is 11.0. The van der Waals surface area contributed by atoms with Gasteiger partial charge in [-0.2, -0.15) is 5.10 Å². The Kier molecular flexibility index (Phi) is 4.34. The molecule has 1 saturated heterocycles. The largest absolute Gasteiger partial charge is 0.394 e. The molecule has 6 nitrogen and oxygen atoms in total. The molecule has 3 N–H and O–H groups in total. The van der Waals surface area contributed by atoms with Crippen molar-refractivity contribution in [2.45, 2.75) is 25.0 Å². The number of aromatic amines is 1. The summed E-state index contributed by atoms with van der Waals surface area (Å²) in [6, 6.07) is 0.321. The summed E-state index contributed by atoms with van der Waals surface area (Å²) < 4.78 is 5.59. The number of aliphatic hydroxyl groups is 1. The van der Waals surface area contributed by atoms with Crippen molar-refractivity contribution in [1.82, 2.24) is 20.4 Å². The topological polar surface area (TPSA) is 73.4 Å². The fraction of sp³-hybridized carbons (Fsp3) is 0.750. The predicted octanol–water partition coefficient (Wildman–Crippen LogP) is -0.419. The summed E-state index contributed by atoms with van der Waals surface area (Å²) in [6.45, 7) is 4.91. The van der Waals surface area contributed by atoms with Crippen molar-refractivity contribution in [3.8, 4) is 0 Å². The van der Waals surface area contributed by atoms with Crippen molar-refractivity contribution in [3.05, 3.63) is 18.0 Å². The summed E-state index contributed by atoms with van der Waals surface area (Å²) >= 11 is 0. The Bertz CT molecular complexity index is 357. The summed E-state index contributed by atoms with van der Waals surface area (Å²) in [5.74, 6) is 0. The molecule has 1 aromatic rings. The molecule has 1 aliphatic rings. The normalized spacial score (nSPS) is 29.6. The van der Waals surface area contributed by atoms with Crippen LogP contribution in [0.4, 0.5) is 0 Å². The SMILES string of the molecule is C[C@@H]1COC[C@@](CO)(CNCc2cn[nH]c2)N1C. The van der Waals surface area contributed by atoms with Crippen LogP contribution in [0.15, 0.2) is 12.4 Å². The molecule has 1 aromatic heterocycles. The van der Waals surface area contributed by atoms with Gasteiger partial charge in [0, 0.05) is 30.9 Å². The predicted molar refractivity (Wildman–Crippen MR) is 68.2 cm³/mol. The summed E-state index contributed by atoms with van der Waals surface area (Å²) in [5, 5.41) is 19.8. The molecule has 0 bridgehead atoms. The fourth-order valence-corrected chi connectivity index (χ4v) is 2.30. The lowest BCUT2D eigenvalue weighted by Gasteiger charge is -2.47. The molecular formula is C12H22N4O2. The van der Waals surface area contributed by atoms with Crippen molar-refractivity contribution >= 4 is 0 Å². The molecule has 0 spiro atoms. The molecule has 102 valence electrons. The lowest BCUT2D eigenvalue weighted by atomic mass is 9.96. The van der Waals surface area contributed by atoms with Gasteiger partial charge in [-0.25, -0.2) is 0 Å².